The smallest absolute Gasteiger partial charge is 0.251 e. The minimum Gasteiger partial charge on any atom is -0.493 e. The second-order valence-corrected chi connectivity index (χ2v) is 8.45. The summed E-state index contributed by atoms with van der Waals surface area (Å²) in [5.41, 5.74) is 4.19. The number of rotatable bonds is 8. The molecule has 3 aromatic carbocycles. The predicted octanol–water partition coefficient (Wildman–Crippen LogP) is 4.47. The zero-order valence-corrected chi connectivity index (χ0v) is 20.1. The molecular formula is C28H27N5O3. The van der Waals surface area contributed by atoms with E-state index in [1.54, 1.807) is 11.8 Å². The number of aromatic nitrogens is 3. The highest BCUT2D eigenvalue weighted by Crippen LogP contribution is 2.38. The Bertz CT molecular complexity index is 1380. The van der Waals surface area contributed by atoms with Crippen molar-refractivity contribution in [2.24, 2.45) is 0 Å². The number of ether oxygens (including phenoxy) is 2. The number of nitrogens with one attached hydrogen (secondary N) is 2. The summed E-state index contributed by atoms with van der Waals surface area (Å²) >= 11 is 0. The highest BCUT2D eigenvalue weighted by atomic mass is 16.5. The molecule has 0 saturated carbocycles. The first-order valence-electron chi connectivity index (χ1n) is 11.7. The lowest BCUT2D eigenvalue weighted by Gasteiger charge is -2.29. The maximum absolute atomic E-state index is 13.5. The standard InChI is InChI=1S/C28H27N5O3/c1-19-25(27(34)29-16-20-9-5-3-6-10-20)26(33-28(32-19)30-18-31-33)22-13-14-23(24(15-22)35-2)36-17-21-11-7-4-8-12-21/h3-15,18,26H,16-17H2,1-2H3,(H,29,34)(H,30,31,32). The first-order chi connectivity index (χ1) is 17.6. The number of anilines is 1. The van der Waals surface area contributed by atoms with Gasteiger partial charge in [-0.1, -0.05) is 66.7 Å². The Kier molecular flexibility index (Phi) is 6.66. The van der Waals surface area contributed by atoms with Crippen LogP contribution in [0.5, 0.6) is 11.5 Å². The summed E-state index contributed by atoms with van der Waals surface area (Å²) in [6.07, 6.45) is 1.47. The van der Waals surface area contributed by atoms with Gasteiger partial charge in [-0.15, -0.1) is 0 Å². The van der Waals surface area contributed by atoms with E-state index in [1.807, 2.05) is 85.8 Å². The number of fused-ring (bicyclic) bond motifs is 1. The van der Waals surface area contributed by atoms with Crippen LogP contribution in [0.15, 0.2) is 96.5 Å². The van der Waals surface area contributed by atoms with Gasteiger partial charge in [-0.05, 0) is 35.7 Å². The Balaban J connectivity index is 1.44. The topological polar surface area (TPSA) is 90.3 Å². The Morgan fingerprint density at radius 3 is 2.44 bits per heavy atom. The van der Waals surface area contributed by atoms with Gasteiger partial charge in [0.15, 0.2) is 11.5 Å². The van der Waals surface area contributed by atoms with Gasteiger partial charge >= 0.3 is 0 Å². The SMILES string of the molecule is COc1cc(C2C(C(=O)NCc3ccccc3)=C(C)Nc3ncnn32)ccc1OCc1ccccc1. The van der Waals surface area contributed by atoms with Crippen molar-refractivity contribution < 1.29 is 14.3 Å². The summed E-state index contributed by atoms with van der Waals surface area (Å²) in [5, 5.41) is 10.7. The van der Waals surface area contributed by atoms with Crippen molar-refractivity contribution >= 4 is 11.9 Å². The molecule has 0 bridgehead atoms. The van der Waals surface area contributed by atoms with Gasteiger partial charge in [0.2, 0.25) is 5.95 Å². The van der Waals surface area contributed by atoms with Crippen LogP contribution in [-0.4, -0.2) is 27.8 Å². The van der Waals surface area contributed by atoms with Crippen LogP contribution in [0.3, 0.4) is 0 Å². The number of methoxy groups -OCH3 is 1. The summed E-state index contributed by atoms with van der Waals surface area (Å²) < 4.78 is 13.4. The van der Waals surface area contributed by atoms with Crippen molar-refractivity contribution in [1.29, 1.82) is 0 Å². The minimum absolute atomic E-state index is 0.182. The van der Waals surface area contributed by atoms with Crippen LogP contribution < -0.4 is 20.1 Å². The maximum Gasteiger partial charge on any atom is 0.251 e. The molecule has 2 heterocycles. The Morgan fingerprint density at radius 1 is 1.00 bits per heavy atom. The van der Waals surface area contributed by atoms with Crippen molar-refractivity contribution in [2.45, 2.75) is 26.1 Å². The van der Waals surface area contributed by atoms with Crippen LogP contribution in [0.2, 0.25) is 0 Å². The minimum atomic E-state index is -0.489. The summed E-state index contributed by atoms with van der Waals surface area (Å²) in [6.45, 7) is 2.71. The molecule has 5 rings (SSSR count). The van der Waals surface area contributed by atoms with Crippen molar-refractivity contribution in [3.8, 4) is 11.5 Å². The van der Waals surface area contributed by atoms with Gasteiger partial charge in [0, 0.05) is 12.2 Å². The molecule has 1 aromatic heterocycles. The number of hydrogen-bond acceptors (Lipinski definition) is 6. The summed E-state index contributed by atoms with van der Waals surface area (Å²) in [5.74, 6) is 1.58. The van der Waals surface area contributed by atoms with E-state index in [0.29, 0.717) is 36.2 Å². The average Bonchev–Trinajstić information content (AvgIpc) is 3.39. The molecule has 0 fully saturated rings. The monoisotopic (exact) mass is 481 g/mol. The molecule has 36 heavy (non-hydrogen) atoms. The number of carbonyl (C=O) groups is 1. The molecular weight excluding hydrogens is 454 g/mol. The van der Waals surface area contributed by atoms with Gasteiger partial charge < -0.3 is 20.1 Å². The van der Waals surface area contributed by atoms with Crippen LogP contribution in [0.1, 0.15) is 29.7 Å². The molecule has 1 aliphatic heterocycles. The van der Waals surface area contributed by atoms with Crippen LogP contribution in [0, 0.1) is 0 Å². The third kappa shape index (κ3) is 4.79. The van der Waals surface area contributed by atoms with Gasteiger partial charge in [-0.2, -0.15) is 10.1 Å². The van der Waals surface area contributed by atoms with E-state index < -0.39 is 6.04 Å². The molecule has 1 unspecified atom stereocenters. The van der Waals surface area contributed by atoms with Crippen LogP contribution in [-0.2, 0) is 17.9 Å². The lowest BCUT2D eigenvalue weighted by Crippen LogP contribution is -2.34. The van der Waals surface area contributed by atoms with E-state index in [-0.39, 0.29) is 5.91 Å². The molecule has 8 heteroatoms. The van der Waals surface area contributed by atoms with Crippen LogP contribution in [0.4, 0.5) is 5.95 Å². The molecule has 0 spiro atoms. The van der Waals surface area contributed by atoms with Gasteiger partial charge in [0.1, 0.15) is 19.0 Å². The highest BCUT2D eigenvalue weighted by molar-refractivity contribution is 5.96. The lowest BCUT2D eigenvalue weighted by atomic mass is 9.94. The second-order valence-electron chi connectivity index (χ2n) is 8.45. The van der Waals surface area contributed by atoms with Crippen LogP contribution in [0.25, 0.3) is 0 Å². The Morgan fingerprint density at radius 2 is 1.72 bits per heavy atom. The average molecular weight is 482 g/mol. The third-order valence-electron chi connectivity index (χ3n) is 6.08. The maximum atomic E-state index is 13.5. The van der Waals surface area contributed by atoms with Crippen molar-refractivity contribution in [3.63, 3.8) is 0 Å². The second kappa shape index (κ2) is 10.4. The Hall–Kier alpha value is -4.59. The third-order valence-corrected chi connectivity index (χ3v) is 6.08. The van der Waals surface area contributed by atoms with Gasteiger partial charge in [0.05, 0.1) is 12.7 Å². The number of allylic oxidation sites excluding steroid dienone is 1. The fourth-order valence-corrected chi connectivity index (χ4v) is 4.28. The molecule has 0 saturated heterocycles. The van der Waals surface area contributed by atoms with E-state index in [4.69, 9.17) is 9.47 Å². The first-order valence-corrected chi connectivity index (χ1v) is 11.7. The summed E-state index contributed by atoms with van der Waals surface area (Å²) in [7, 11) is 1.60. The van der Waals surface area contributed by atoms with Gasteiger partial charge in [-0.25, -0.2) is 4.68 Å². The molecule has 1 amide bonds. The Labute approximate surface area is 209 Å². The molecule has 0 radical (unpaired) electrons. The van der Waals surface area contributed by atoms with E-state index in [1.165, 1.54) is 6.33 Å². The van der Waals surface area contributed by atoms with Crippen molar-refractivity contribution in [3.05, 3.63) is 113 Å². The van der Waals surface area contributed by atoms with E-state index in [2.05, 4.69) is 20.7 Å². The van der Waals surface area contributed by atoms with Gasteiger partial charge in [-0.3, -0.25) is 4.79 Å². The van der Waals surface area contributed by atoms with E-state index in [0.717, 1.165) is 22.4 Å². The normalized spacial score (nSPS) is 14.6. The van der Waals surface area contributed by atoms with Crippen molar-refractivity contribution in [2.75, 3.05) is 12.4 Å². The zero-order valence-electron chi connectivity index (χ0n) is 20.1. The number of hydrogen-bond donors (Lipinski definition) is 2. The van der Waals surface area contributed by atoms with Gasteiger partial charge in [0.25, 0.3) is 5.91 Å². The molecule has 8 nitrogen and oxygen atoms in total. The van der Waals surface area contributed by atoms with Crippen LogP contribution >= 0.6 is 0 Å². The molecule has 1 aliphatic rings. The largest absolute Gasteiger partial charge is 0.493 e. The first kappa shape index (κ1) is 23.2. The van der Waals surface area contributed by atoms with Crippen molar-refractivity contribution in [1.82, 2.24) is 20.1 Å². The number of nitrogens with zero attached hydrogens (tertiary/aromatic N) is 3. The number of carbonyl (C=O) groups excluding carboxylic acids is 1. The number of amides is 1. The fraction of sp³-hybridized carbons (Fsp3) is 0.179. The molecule has 182 valence electrons. The quantitative estimate of drug-likeness (QED) is 0.386. The molecule has 1 atom stereocenters. The molecule has 4 aromatic rings. The molecule has 2 N–H and O–H groups in total. The van der Waals surface area contributed by atoms with E-state index >= 15 is 0 Å². The summed E-state index contributed by atoms with van der Waals surface area (Å²) in [4.78, 5) is 17.8. The fourth-order valence-electron chi connectivity index (χ4n) is 4.28. The van der Waals surface area contributed by atoms with E-state index in [9.17, 15) is 4.79 Å². The lowest BCUT2D eigenvalue weighted by molar-refractivity contribution is -0.118. The zero-order chi connectivity index (χ0) is 24.9. The number of benzene rings is 3. The predicted molar refractivity (Wildman–Crippen MR) is 137 cm³/mol. The highest BCUT2D eigenvalue weighted by Gasteiger charge is 2.33. The molecule has 0 aliphatic carbocycles. The summed E-state index contributed by atoms with van der Waals surface area (Å²) in [6, 6.07) is 25.0.